The third-order valence-corrected chi connectivity index (χ3v) is 3.29. The van der Waals surface area contributed by atoms with Crippen molar-refractivity contribution < 1.29 is 28.5 Å². The van der Waals surface area contributed by atoms with E-state index < -0.39 is 0 Å². The molecule has 8 heteroatoms. The van der Waals surface area contributed by atoms with Crippen molar-refractivity contribution in [2.24, 2.45) is 0 Å². The van der Waals surface area contributed by atoms with Gasteiger partial charge >= 0.3 is 0 Å². The molecule has 1 aromatic carbocycles. The van der Waals surface area contributed by atoms with Crippen molar-refractivity contribution in [3.63, 3.8) is 0 Å². The van der Waals surface area contributed by atoms with E-state index >= 15 is 0 Å². The minimum Gasteiger partial charge on any atom is -0.493 e. The first kappa shape index (κ1) is 19.6. The molecule has 24 heavy (non-hydrogen) atoms. The van der Waals surface area contributed by atoms with Crippen molar-refractivity contribution in [2.75, 3.05) is 53.5 Å². The lowest BCUT2D eigenvalue weighted by atomic mass is 10.2. The van der Waals surface area contributed by atoms with Crippen molar-refractivity contribution >= 4 is 17.5 Å². The van der Waals surface area contributed by atoms with E-state index in [1.54, 1.807) is 12.1 Å². The predicted molar refractivity (Wildman–Crippen MR) is 88.9 cm³/mol. The Morgan fingerprint density at radius 2 is 1.62 bits per heavy atom. The van der Waals surface area contributed by atoms with Gasteiger partial charge in [0.1, 0.15) is 0 Å². The molecule has 1 N–H and O–H groups in total. The summed E-state index contributed by atoms with van der Waals surface area (Å²) in [4.78, 5) is 25.1. The van der Waals surface area contributed by atoms with Crippen LogP contribution in [0.4, 0.5) is 5.69 Å². The summed E-state index contributed by atoms with van der Waals surface area (Å²) in [5.41, 5.74) is 0.477. The van der Waals surface area contributed by atoms with Gasteiger partial charge < -0.3 is 29.2 Å². The number of carbonyl (C=O) groups excluding carboxylic acids is 2. The van der Waals surface area contributed by atoms with Crippen LogP contribution in [0.15, 0.2) is 12.1 Å². The molecule has 1 aromatic rings. The summed E-state index contributed by atoms with van der Waals surface area (Å²) < 4.78 is 20.6. The minimum absolute atomic E-state index is 0.0741. The van der Waals surface area contributed by atoms with E-state index in [9.17, 15) is 9.59 Å². The van der Waals surface area contributed by atoms with Crippen molar-refractivity contribution in [3.05, 3.63) is 12.1 Å². The van der Waals surface area contributed by atoms with Crippen LogP contribution in [-0.4, -0.2) is 64.8 Å². The Bertz CT molecular complexity index is 551. The fourth-order valence-electron chi connectivity index (χ4n) is 2.08. The van der Waals surface area contributed by atoms with Gasteiger partial charge in [0.05, 0.1) is 34.5 Å². The minimum atomic E-state index is -0.337. The highest BCUT2D eigenvalue weighted by Gasteiger charge is 2.17. The molecule has 0 saturated carbocycles. The number of benzene rings is 1. The van der Waals surface area contributed by atoms with Gasteiger partial charge in [0.25, 0.3) is 0 Å². The third-order valence-electron chi connectivity index (χ3n) is 3.29. The van der Waals surface area contributed by atoms with Crippen LogP contribution in [0, 0.1) is 0 Å². The molecular formula is C16H24N2O6. The first-order chi connectivity index (χ1) is 11.5. The molecule has 8 nitrogen and oxygen atoms in total. The van der Waals surface area contributed by atoms with Gasteiger partial charge in [-0.25, -0.2) is 0 Å². The molecule has 0 aromatic heterocycles. The van der Waals surface area contributed by atoms with Gasteiger partial charge in [-0.15, -0.1) is 0 Å². The van der Waals surface area contributed by atoms with Gasteiger partial charge in [0.2, 0.25) is 17.6 Å². The first-order valence-corrected chi connectivity index (χ1v) is 7.31. The Balaban J connectivity index is 2.87. The maximum absolute atomic E-state index is 12.2. The Morgan fingerprint density at radius 1 is 1.04 bits per heavy atom. The molecule has 0 heterocycles. The van der Waals surface area contributed by atoms with E-state index in [1.807, 2.05) is 0 Å². The topological polar surface area (TPSA) is 86.3 Å². The van der Waals surface area contributed by atoms with Crippen LogP contribution in [0.1, 0.15) is 6.92 Å². The van der Waals surface area contributed by atoms with E-state index in [2.05, 4.69) is 5.32 Å². The number of methoxy groups -OCH3 is 4. The van der Waals surface area contributed by atoms with Gasteiger partial charge in [0.15, 0.2) is 11.5 Å². The fourth-order valence-corrected chi connectivity index (χ4v) is 2.08. The van der Waals surface area contributed by atoms with E-state index in [4.69, 9.17) is 18.9 Å². The average Bonchev–Trinajstić information content (AvgIpc) is 2.57. The van der Waals surface area contributed by atoms with Crippen molar-refractivity contribution in [1.82, 2.24) is 4.90 Å². The fraction of sp³-hybridized carbons (Fsp3) is 0.500. The molecule has 0 fully saturated rings. The zero-order chi connectivity index (χ0) is 18.1. The monoisotopic (exact) mass is 340 g/mol. The summed E-state index contributed by atoms with van der Waals surface area (Å²) in [7, 11) is 6.02. The molecule has 134 valence electrons. The molecule has 0 radical (unpaired) electrons. The predicted octanol–water partition coefficient (Wildman–Crippen LogP) is 1.15. The second-order valence-corrected chi connectivity index (χ2v) is 4.90. The number of nitrogens with one attached hydrogen (secondary N) is 1. The van der Waals surface area contributed by atoms with Crippen molar-refractivity contribution in [3.8, 4) is 17.2 Å². The van der Waals surface area contributed by atoms with Gasteiger partial charge in [-0.05, 0) is 0 Å². The van der Waals surface area contributed by atoms with Crippen LogP contribution in [0.2, 0.25) is 0 Å². The van der Waals surface area contributed by atoms with Gasteiger partial charge in [-0.2, -0.15) is 0 Å². The Morgan fingerprint density at radius 3 is 2.04 bits per heavy atom. The molecule has 0 aliphatic heterocycles. The number of hydrogen-bond acceptors (Lipinski definition) is 6. The molecule has 2 amide bonds. The summed E-state index contributed by atoms with van der Waals surface area (Å²) in [6, 6.07) is 3.24. The lowest BCUT2D eigenvalue weighted by molar-refractivity contribution is -0.133. The summed E-state index contributed by atoms with van der Waals surface area (Å²) in [6.07, 6.45) is 0. The van der Waals surface area contributed by atoms with Crippen molar-refractivity contribution in [1.29, 1.82) is 0 Å². The molecule has 0 spiro atoms. The number of rotatable bonds is 9. The summed E-state index contributed by atoms with van der Waals surface area (Å²) in [5, 5.41) is 2.72. The molecule has 0 atom stereocenters. The highest BCUT2D eigenvalue weighted by Crippen LogP contribution is 2.39. The number of ether oxygens (including phenoxy) is 4. The maximum Gasteiger partial charge on any atom is 0.244 e. The summed E-state index contributed by atoms with van der Waals surface area (Å²) in [6.45, 7) is 2.03. The summed E-state index contributed by atoms with van der Waals surface area (Å²) >= 11 is 0. The maximum atomic E-state index is 12.2. The number of amides is 2. The summed E-state index contributed by atoms with van der Waals surface area (Å²) in [5.74, 6) is 0.746. The molecule has 0 saturated heterocycles. The second-order valence-electron chi connectivity index (χ2n) is 4.90. The molecule has 1 rings (SSSR count). The Hall–Kier alpha value is -2.48. The van der Waals surface area contributed by atoms with Gasteiger partial charge in [0, 0.05) is 38.4 Å². The highest BCUT2D eigenvalue weighted by atomic mass is 16.5. The lowest BCUT2D eigenvalue weighted by Gasteiger charge is -2.20. The smallest absolute Gasteiger partial charge is 0.244 e. The highest BCUT2D eigenvalue weighted by molar-refractivity contribution is 5.94. The van der Waals surface area contributed by atoms with Gasteiger partial charge in [-0.1, -0.05) is 0 Å². The zero-order valence-corrected chi connectivity index (χ0v) is 14.7. The van der Waals surface area contributed by atoms with E-state index in [-0.39, 0.29) is 18.4 Å². The van der Waals surface area contributed by atoms with E-state index in [0.29, 0.717) is 36.1 Å². The van der Waals surface area contributed by atoms with Crippen molar-refractivity contribution in [2.45, 2.75) is 6.92 Å². The lowest BCUT2D eigenvalue weighted by Crippen LogP contribution is -2.38. The number of carbonyl (C=O) groups is 2. The average molecular weight is 340 g/mol. The molecule has 0 bridgehead atoms. The van der Waals surface area contributed by atoms with Crippen LogP contribution < -0.4 is 19.5 Å². The molecule has 0 unspecified atom stereocenters. The Kier molecular flexibility index (Phi) is 7.84. The Labute approximate surface area is 141 Å². The molecule has 0 aliphatic carbocycles. The van der Waals surface area contributed by atoms with E-state index in [1.165, 1.54) is 40.3 Å². The van der Waals surface area contributed by atoms with Crippen LogP contribution >= 0.6 is 0 Å². The standard InChI is InChI=1S/C16H24N2O6/c1-11(19)18(6-7-21-2)10-15(20)17-12-8-13(22-3)16(24-5)14(9-12)23-4/h8-9H,6-7,10H2,1-5H3,(H,17,20). The number of anilines is 1. The van der Waals surface area contributed by atoms with Crippen LogP contribution in [-0.2, 0) is 14.3 Å². The largest absolute Gasteiger partial charge is 0.493 e. The number of nitrogens with zero attached hydrogens (tertiary/aromatic N) is 1. The quantitative estimate of drug-likeness (QED) is 0.726. The first-order valence-electron chi connectivity index (χ1n) is 7.31. The normalized spacial score (nSPS) is 10.0. The zero-order valence-electron chi connectivity index (χ0n) is 14.7. The second kappa shape index (κ2) is 9.61. The molecule has 0 aliphatic rings. The number of hydrogen-bond donors (Lipinski definition) is 1. The van der Waals surface area contributed by atoms with Crippen LogP contribution in [0.5, 0.6) is 17.2 Å². The SMILES string of the molecule is COCCN(CC(=O)Nc1cc(OC)c(OC)c(OC)c1)C(C)=O. The molecular weight excluding hydrogens is 316 g/mol. The van der Waals surface area contributed by atoms with E-state index in [0.717, 1.165) is 0 Å². The third kappa shape index (κ3) is 5.31. The van der Waals surface area contributed by atoms with Gasteiger partial charge in [-0.3, -0.25) is 9.59 Å². The van der Waals surface area contributed by atoms with Crippen LogP contribution in [0.3, 0.4) is 0 Å². The van der Waals surface area contributed by atoms with Crippen LogP contribution in [0.25, 0.3) is 0 Å².